The molecule has 6 nitrogen and oxygen atoms in total. The molecule has 0 aromatic heterocycles. The van der Waals surface area contributed by atoms with Gasteiger partial charge < -0.3 is 5.11 Å². The van der Waals surface area contributed by atoms with E-state index in [2.05, 4.69) is 0 Å². The Morgan fingerprint density at radius 3 is 2.70 bits per heavy atom. The highest BCUT2D eigenvalue weighted by Crippen LogP contribution is 2.15. The molecule has 1 unspecified atom stereocenters. The molecule has 0 saturated carbocycles. The van der Waals surface area contributed by atoms with Gasteiger partial charge in [0.2, 0.25) is 10.0 Å². The van der Waals surface area contributed by atoms with Gasteiger partial charge in [-0.15, -0.1) is 12.3 Å². The SMILES string of the molecule is C#CCC(NS(=O)(=O)c1ccc(F)c(C#N)c1)C(=O)O. The highest BCUT2D eigenvalue weighted by atomic mass is 32.2. The Hall–Kier alpha value is -2.42. The van der Waals surface area contributed by atoms with Gasteiger partial charge in [-0.1, -0.05) is 0 Å². The first-order valence-electron chi connectivity index (χ1n) is 5.20. The normalized spacial score (nSPS) is 12.2. The Morgan fingerprint density at radius 1 is 1.55 bits per heavy atom. The number of hydrogen-bond donors (Lipinski definition) is 2. The fourth-order valence-electron chi connectivity index (χ4n) is 1.31. The van der Waals surface area contributed by atoms with Gasteiger partial charge in [0.25, 0.3) is 0 Å². The highest BCUT2D eigenvalue weighted by molar-refractivity contribution is 7.89. The van der Waals surface area contributed by atoms with Crippen LogP contribution < -0.4 is 4.72 Å². The van der Waals surface area contributed by atoms with Crippen molar-refractivity contribution in [3.63, 3.8) is 0 Å². The lowest BCUT2D eigenvalue weighted by molar-refractivity contribution is -0.138. The predicted octanol–water partition coefficient (Wildman–Crippen LogP) is 0.452. The standard InChI is InChI=1S/C12H9FN2O4S/c1-2-3-11(12(16)17)15-20(18,19)9-4-5-10(13)8(6-9)7-14/h1,4-6,11,15H,3H2,(H,16,17). The number of sulfonamides is 1. The molecule has 0 radical (unpaired) electrons. The number of terminal acetylenes is 1. The van der Waals surface area contributed by atoms with Gasteiger partial charge in [0.15, 0.2) is 0 Å². The van der Waals surface area contributed by atoms with E-state index < -0.39 is 38.3 Å². The highest BCUT2D eigenvalue weighted by Gasteiger charge is 2.25. The molecule has 20 heavy (non-hydrogen) atoms. The molecule has 1 aromatic carbocycles. The summed E-state index contributed by atoms with van der Waals surface area (Å²) in [5, 5.41) is 17.5. The minimum absolute atomic E-state index is 0.346. The van der Waals surface area contributed by atoms with Crippen LogP contribution in [0.3, 0.4) is 0 Å². The van der Waals surface area contributed by atoms with Gasteiger partial charge in [-0.25, -0.2) is 12.8 Å². The first kappa shape index (κ1) is 15.6. The third-order valence-electron chi connectivity index (χ3n) is 2.29. The summed E-state index contributed by atoms with van der Waals surface area (Å²) in [6.45, 7) is 0. The van der Waals surface area contributed by atoms with Crippen molar-refractivity contribution in [1.82, 2.24) is 4.72 Å². The van der Waals surface area contributed by atoms with E-state index >= 15 is 0 Å². The maximum absolute atomic E-state index is 13.1. The topological polar surface area (TPSA) is 107 Å². The van der Waals surface area contributed by atoms with Crippen molar-refractivity contribution >= 4 is 16.0 Å². The molecule has 0 aliphatic heterocycles. The summed E-state index contributed by atoms with van der Waals surface area (Å²) in [4.78, 5) is 10.4. The van der Waals surface area contributed by atoms with Crippen molar-refractivity contribution in [2.75, 3.05) is 0 Å². The summed E-state index contributed by atoms with van der Waals surface area (Å²) >= 11 is 0. The van der Waals surface area contributed by atoms with Crippen molar-refractivity contribution in [3.05, 3.63) is 29.6 Å². The summed E-state index contributed by atoms with van der Waals surface area (Å²) in [5.41, 5.74) is -0.461. The van der Waals surface area contributed by atoms with Crippen LogP contribution in [0.1, 0.15) is 12.0 Å². The quantitative estimate of drug-likeness (QED) is 0.767. The number of benzene rings is 1. The molecule has 0 saturated heterocycles. The maximum Gasteiger partial charge on any atom is 0.322 e. The molecule has 0 aliphatic rings. The molecule has 1 rings (SSSR count). The van der Waals surface area contributed by atoms with Gasteiger partial charge in [0.05, 0.1) is 10.5 Å². The molecule has 0 spiro atoms. The monoisotopic (exact) mass is 296 g/mol. The van der Waals surface area contributed by atoms with Crippen LogP contribution in [0, 0.1) is 29.5 Å². The second kappa shape index (κ2) is 6.15. The van der Waals surface area contributed by atoms with E-state index in [4.69, 9.17) is 16.8 Å². The fraction of sp³-hybridized carbons (Fsp3) is 0.167. The number of nitrogens with zero attached hydrogens (tertiary/aromatic N) is 1. The molecule has 1 aromatic rings. The zero-order chi connectivity index (χ0) is 15.3. The van der Waals surface area contributed by atoms with Gasteiger partial charge in [0, 0.05) is 6.42 Å². The molecule has 2 N–H and O–H groups in total. The second-order valence-corrected chi connectivity index (χ2v) is 5.39. The van der Waals surface area contributed by atoms with Crippen molar-refractivity contribution in [2.45, 2.75) is 17.4 Å². The number of halogens is 1. The average Bonchev–Trinajstić information content (AvgIpc) is 2.38. The van der Waals surface area contributed by atoms with Crippen LogP contribution in [-0.2, 0) is 14.8 Å². The number of carboxylic acids is 1. The second-order valence-electron chi connectivity index (χ2n) is 3.67. The number of hydrogen-bond acceptors (Lipinski definition) is 4. The molecule has 8 heteroatoms. The fourth-order valence-corrected chi connectivity index (χ4v) is 2.52. The predicted molar refractivity (Wildman–Crippen MR) is 66.3 cm³/mol. The van der Waals surface area contributed by atoms with Gasteiger partial charge in [-0.3, -0.25) is 4.79 Å². The molecule has 0 amide bonds. The number of aliphatic carboxylic acids is 1. The maximum atomic E-state index is 13.1. The van der Waals surface area contributed by atoms with Crippen LogP contribution in [-0.4, -0.2) is 25.5 Å². The van der Waals surface area contributed by atoms with Gasteiger partial charge in [-0.2, -0.15) is 9.98 Å². The van der Waals surface area contributed by atoms with E-state index in [1.165, 1.54) is 6.07 Å². The molecular weight excluding hydrogens is 287 g/mol. The Morgan fingerprint density at radius 2 is 2.20 bits per heavy atom. The zero-order valence-corrected chi connectivity index (χ0v) is 10.8. The largest absolute Gasteiger partial charge is 0.480 e. The van der Waals surface area contributed by atoms with Crippen molar-refractivity contribution in [3.8, 4) is 18.4 Å². The Balaban J connectivity index is 3.15. The van der Waals surface area contributed by atoms with Gasteiger partial charge in [0.1, 0.15) is 17.9 Å². The molecule has 0 aliphatic carbocycles. The minimum atomic E-state index is -4.22. The van der Waals surface area contributed by atoms with E-state index in [0.717, 1.165) is 18.2 Å². The molecule has 0 heterocycles. The Kier molecular flexibility index (Phi) is 4.81. The van der Waals surface area contributed by atoms with Crippen LogP contribution in [0.2, 0.25) is 0 Å². The smallest absolute Gasteiger partial charge is 0.322 e. The number of rotatable bonds is 5. The van der Waals surface area contributed by atoms with E-state index in [0.29, 0.717) is 0 Å². The van der Waals surface area contributed by atoms with Crippen LogP contribution in [0.15, 0.2) is 23.1 Å². The molecule has 104 valence electrons. The van der Waals surface area contributed by atoms with E-state index in [1.807, 2.05) is 10.6 Å². The summed E-state index contributed by atoms with van der Waals surface area (Å²) in [6, 6.07) is 2.54. The summed E-state index contributed by atoms with van der Waals surface area (Å²) in [5.74, 6) is -0.272. The minimum Gasteiger partial charge on any atom is -0.480 e. The molecular formula is C12H9FN2O4S. The lowest BCUT2D eigenvalue weighted by Gasteiger charge is -2.12. The Labute approximate surface area is 114 Å². The number of nitriles is 1. The molecule has 1 atom stereocenters. The number of nitrogens with one attached hydrogen (secondary N) is 1. The summed E-state index contributed by atoms with van der Waals surface area (Å²) in [7, 11) is -4.22. The van der Waals surface area contributed by atoms with E-state index in [-0.39, 0.29) is 6.42 Å². The average molecular weight is 296 g/mol. The number of carboxylic acid groups (broad SMARTS) is 1. The summed E-state index contributed by atoms with van der Waals surface area (Å²) < 4.78 is 38.8. The van der Waals surface area contributed by atoms with Crippen molar-refractivity contribution in [1.29, 1.82) is 5.26 Å². The van der Waals surface area contributed by atoms with Crippen LogP contribution in [0.5, 0.6) is 0 Å². The molecule has 0 fully saturated rings. The first-order chi connectivity index (χ1) is 9.31. The van der Waals surface area contributed by atoms with Crippen LogP contribution in [0.4, 0.5) is 4.39 Å². The zero-order valence-electron chi connectivity index (χ0n) is 10.00. The van der Waals surface area contributed by atoms with Crippen LogP contribution >= 0.6 is 0 Å². The first-order valence-corrected chi connectivity index (χ1v) is 6.68. The van der Waals surface area contributed by atoms with Gasteiger partial charge >= 0.3 is 5.97 Å². The third-order valence-corrected chi connectivity index (χ3v) is 3.76. The van der Waals surface area contributed by atoms with Crippen LogP contribution in [0.25, 0.3) is 0 Å². The Bertz CT molecular complexity index is 716. The van der Waals surface area contributed by atoms with Gasteiger partial charge in [-0.05, 0) is 18.2 Å². The summed E-state index contributed by atoms with van der Waals surface area (Å²) in [6.07, 6.45) is 4.60. The number of carbonyl (C=O) groups is 1. The third kappa shape index (κ3) is 3.54. The van der Waals surface area contributed by atoms with E-state index in [9.17, 15) is 17.6 Å². The van der Waals surface area contributed by atoms with Crippen molar-refractivity contribution in [2.24, 2.45) is 0 Å². The van der Waals surface area contributed by atoms with E-state index in [1.54, 1.807) is 0 Å². The van der Waals surface area contributed by atoms with Crippen molar-refractivity contribution < 1.29 is 22.7 Å². The molecule has 0 bridgehead atoms. The lowest BCUT2D eigenvalue weighted by atomic mass is 10.2. The lowest BCUT2D eigenvalue weighted by Crippen LogP contribution is -2.40.